The third kappa shape index (κ3) is 21.1. The normalized spacial score (nSPS) is 17.1. The minimum absolute atomic E-state index is 0.00581. The first-order valence-electron chi connectivity index (χ1n) is 30.5. The SMILES string of the molecule is C#CCCCC(OC(=O)OC1C(=O)CCC1=O)C1Cc2cc(OC)ccc2C1=O.CC(OC(=O)ON1C(=O)CCC1=O)C(C#N)c1ccc([N+](=O)[O-])cc1.Cc1ccc(C(C#N)C(C)OC(=O)ON2C(=O)CCC2=O)cc1.[C-]#[N+]CC(OC(=O)ON1C(=O)CCC1=O)c1ccc(C)cc1. The Morgan fingerprint density at radius 2 is 1.04 bits per heavy atom. The molecule has 4 fully saturated rings. The topological polar surface area (TPSA) is 410 Å². The van der Waals surface area contributed by atoms with Gasteiger partial charge in [-0.2, -0.15) is 10.5 Å². The third-order valence-corrected chi connectivity index (χ3v) is 15.4. The molecule has 99 heavy (non-hydrogen) atoms. The van der Waals surface area contributed by atoms with Gasteiger partial charge in [-0.3, -0.25) is 67.8 Å². The molecule has 3 aliphatic heterocycles. The number of ketones is 3. The Labute approximate surface area is 565 Å². The minimum atomic E-state index is -1.41. The van der Waals surface area contributed by atoms with Crippen LogP contribution in [0.5, 0.6) is 5.75 Å². The highest BCUT2D eigenvalue weighted by Gasteiger charge is 2.42. The molecule has 0 aromatic heterocycles. The van der Waals surface area contributed by atoms with Crippen molar-refractivity contribution in [3.8, 4) is 30.2 Å². The van der Waals surface area contributed by atoms with Crippen LogP contribution in [0.15, 0.2) is 91.0 Å². The number of nitriles is 2. The molecular formula is C68H65N7O24. The summed E-state index contributed by atoms with van der Waals surface area (Å²) >= 11 is 0. The number of benzene rings is 4. The number of aryl methyl sites for hydroxylation is 2. The predicted octanol–water partition coefficient (Wildman–Crippen LogP) is 8.86. The van der Waals surface area contributed by atoms with Gasteiger partial charge in [-0.05, 0) is 81.8 Å². The van der Waals surface area contributed by atoms with E-state index in [1.807, 2.05) is 44.2 Å². The van der Waals surface area contributed by atoms with Crippen molar-refractivity contribution in [3.63, 3.8) is 0 Å². The maximum atomic E-state index is 12.9. The number of carbonyl (C=O) groups is 13. The van der Waals surface area contributed by atoms with E-state index in [1.54, 1.807) is 56.5 Å². The number of nitro benzene ring substituents is 1. The smallest absolute Gasteiger partial charge is 0.497 e. The van der Waals surface area contributed by atoms with Gasteiger partial charge in [-0.1, -0.05) is 87.0 Å². The molecule has 0 N–H and O–H groups in total. The van der Waals surface area contributed by atoms with Crippen LogP contribution in [0.4, 0.5) is 24.9 Å². The van der Waals surface area contributed by atoms with Crippen LogP contribution in [0.25, 0.3) is 4.85 Å². The Kier molecular flexibility index (Phi) is 27.5. The van der Waals surface area contributed by atoms with Gasteiger partial charge in [0.15, 0.2) is 17.3 Å². The Balaban J connectivity index is 0.000000209. The summed E-state index contributed by atoms with van der Waals surface area (Å²) in [6.07, 6.45) is -2.44. The molecule has 0 radical (unpaired) electrons. The van der Waals surface area contributed by atoms with Crippen molar-refractivity contribution in [3.05, 3.63) is 151 Å². The zero-order chi connectivity index (χ0) is 72.6. The summed E-state index contributed by atoms with van der Waals surface area (Å²) in [5.74, 6) is -3.69. The van der Waals surface area contributed by atoms with E-state index in [2.05, 4.69) is 31.3 Å². The highest BCUT2D eigenvalue weighted by Crippen LogP contribution is 2.35. The molecule has 9 rings (SSSR count). The van der Waals surface area contributed by atoms with E-state index in [1.165, 1.54) is 31.2 Å². The van der Waals surface area contributed by atoms with Gasteiger partial charge in [-0.15, -0.1) is 12.3 Å². The van der Waals surface area contributed by atoms with Crippen LogP contribution in [-0.2, 0) is 83.0 Å². The van der Waals surface area contributed by atoms with Crippen LogP contribution < -0.4 is 4.74 Å². The maximum absolute atomic E-state index is 12.9. The Morgan fingerprint density at radius 1 is 0.616 bits per heavy atom. The van der Waals surface area contributed by atoms with Gasteiger partial charge in [0.2, 0.25) is 12.2 Å². The molecule has 7 atom stereocenters. The van der Waals surface area contributed by atoms with E-state index < -0.39 is 125 Å². The molecule has 1 saturated carbocycles. The summed E-state index contributed by atoms with van der Waals surface area (Å²) in [5, 5.41) is 30.4. The summed E-state index contributed by atoms with van der Waals surface area (Å²) in [7, 11) is 1.54. The molecule has 2 aliphatic carbocycles. The van der Waals surface area contributed by atoms with E-state index in [0.717, 1.165) is 16.7 Å². The quantitative estimate of drug-likeness (QED) is 0.00916. The maximum Gasteiger partial charge on any atom is 0.534 e. The van der Waals surface area contributed by atoms with Gasteiger partial charge in [0.1, 0.15) is 35.9 Å². The number of Topliss-reactive ketones (excluding diaryl/α,β-unsaturated/α-hetero) is 3. The van der Waals surface area contributed by atoms with Gasteiger partial charge in [0.05, 0.1) is 30.1 Å². The van der Waals surface area contributed by atoms with Gasteiger partial charge in [0.25, 0.3) is 47.7 Å². The third-order valence-electron chi connectivity index (χ3n) is 15.4. The van der Waals surface area contributed by atoms with Gasteiger partial charge < -0.3 is 33.3 Å². The van der Waals surface area contributed by atoms with Crippen LogP contribution in [-0.4, -0.2) is 136 Å². The molecule has 3 heterocycles. The van der Waals surface area contributed by atoms with E-state index in [9.17, 15) is 83.0 Å². The van der Waals surface area contributed by atoms with Crippen LogP contribution in [0.3, 0.4) is 0 Å². The average Bonchev–Trinajstić information content (AvgIpc) is 1.65. The number of ether oxygens (including phenoxy) is 6. The van der Waals surface area contributed by atoms with Gasteiger partial charge >= 0.3 is 24.6 Å². The van der Waals surface area contributed by atoms with Crippen molar-refractivity contribution >= 4 is 83.1 Å². The molecule has 31 heteroatoms. The van der Waals surface area contributed by atoms with Crippen molar-refractivity contribution in [1.82, 2.24) is 15.2 Å². The van der Waals surface area contributed by atoms with E-state index >= 15 is 0 Å². The lowest BCUT2D eigenvalue weighted by Crippen LogP contribution is -2.35. The number of fused-ring (bicyclic) bond motifs is 1. The first-order chi connectivity index (χ1) is 47.2. The highest BCUT2D eigenvalue weighted by molar-refractivity contribution is 6.12. The first-order valence-corrected chi connectivity index (χ1v) is 30.5. The van der Waals surface area contributed by atoms with Gasteiger partial charge in [-0.25, -0.2) is 25.8 Å². The molecular weight excluding hydrogens is 1300 g/mol. The first kappa shape index (κ1) is 75.6. The van der Waals surface area contributed by atoms with Crippen molar-refractivity contribution in [2.24, 2.45) is 5.92 Å². The van der Waals surface area contributed by atoms with Gasteiger partial charge in [0, 0.05) is 81.0 Å². The number of imide groups is 3. The van der Waals surface area contributed by atoms with Crippen molar-refractivity contribution in [2.45, 2.75) is 147 Å². The zero-order valence-corrected chi connectivity index (χ0v) is 54.0. The Morgan fingerprint density at radius 3 is 1.44 bits per heavy atom. The Bertz CT molecular complexity index is 3880. The number of nitro groups is 1. The molecule has 4 aromatic carbocycles. The number of methoxy groups -OCH3 is 1. The van der Waals surface area contributed by atoms with Crippen LogP contribution >= 0.6 is 0 Å². The number of hydroxylamine groups is 6. The molecule has 0 spiro atoms. The van der Waals surface area contributed by atoms with Crippen molar-refractivity contribution in [1.29, 1.82) is 10.5 Å². The fourth-order valence-electron chi connectivity index (χ4n) is 10.1. The molecule has 7 unspecified atom stereocenters. The summed E-state index contributed by atoms with van der Waals surface area (Å²) < 4.78 is 30.6. The number of unbranched alkanes of at least 4 members (excludes halogenated alkanes) is 1. The number of hydrogen-bond donors (Lipinski definition) is 0. The largest absolute Gasteiger partial charge is 0.534 e. The summed E-state index contributed by atoms with van der Waals surface area (Å²) in [6.45, 7) is 13.6. The van der Waals surface area contributed by atoms with Crippen LogP contribution in [0.2, 0.25) is 0 Å². The summed E-state index contributed by atoms with van der Waals surface area (Å²) in [5.41, 5.74) is 5.06. The van der Waals surface area contributed by atoms with Crippen LogP contribution in [0, 0.1) is 71.5 Å². The second kappa shape index (κ2) is 35.9. The fourth-order valence-corrected chi connectivity index (χ4v) is 10.1. The highest BCUT2D eigenvalue weighted by atomic mass is 16.8. The predicted molar refractivity (Wildman–Crippen MR) is 333 cm³/mol. The van der Waals surface area contributed by atoms with E-state index in [4.69, 9.17) is 41.4 Å². The molecule has 4 aromatic rings. The molecule has 516 valence electrons. The molecule has 0 bridgehead atoms. The number of non-ortho nitro benzene ring substituents is 1. The minimum Gasteiger partial charge on any atom is -0.497 e. The standard InChI is InChI=1S/C22H22O7.C16H16N2O5.C15H13N3O7.C15H14N2O5/c1-3-4-5-6-19(28-22(26)29-21-17(23)9-10-18(21)24)16-12-13-11-14(27-2)7-8-15(13)20(16)25;1-10-3-5-12(6-4-10)13(9-17)11(2)22-16(21)23-18-14(19)7-8-15(18)20;1-9(24-15(21)25-17-13(19)6-7-14(17)20)12(8-16)10-2-4-11(5-3-10)18(22)23;1-10-3-5-11(6-4-10)12(9-16-2)21-15(20)22-17-13(18)7-8-14(17)19/h1,7-8,11,16,19,21H,4-6,9-10,12H2,2H3;3-6,11,13H,7-8H2,1-2H3;2-5,9,12H,6-7H2,1H3;3-6,12H,7-9H2,1H3. The molecule has 5 aliphatic rings. The number of rotatable bonds is 20. The number of nitrogens with zero attached hydrogens (tertiary/aromatic N) is 7. The van der Waals surface area contributed by atoms with Crippen molar-refractivity contribution < 1.29 is 110 Å². The second-order valence-electron chi connectivity index (χ2n) is 22.4. The summed E-state index contributed by atoms with van der Waals surface area (Å²) in [6, 6.07) is 28.8. The number of amides is 6. The summed E-state index contributed by atoms with van der Waals surface area (Å²) in [4.78, 5) is 179. The molecule has 6 amide bonds. The lowest BCUT2D eigenvalue weighted by atomic mass is 9.94. The Hall–Kier alpha value is -12.4. The fraction of sp³-hybridized carbons (Fsp3) is 0.382. The monoisotopic (exact) mass is 1360 g/mol. The molecule has 31 nitrogen and oxygen atoms in total. The van der Waals surface area contributed by atoms with Crippen LogP contribution in [0.1, 0.15) is 146 Å². The number of carbonyl (C=O) groups excluding carboxylic acids is 13. The second-order valence-corrected chi connectivity index (χ2v) is 22.4. The van der Waals surface area contributed by atoms with Crippen molar-refractivity contribution in [2.75, 3.05) is 13.7 Å². The molecule has 3 saturated heterocycles. The zero-order valence-electron chi connectivity index (χ0n) is 54.0. The number of terminal acetylenes is 1. The van der Waals surface area contributed by atoms with E-state index in [-0.39, 0.29) is 69.4 Å². The number of hydrogen-bond acceptors (Lipinski definition) is 26. The lowest BCUT2D eigenvalue weighted by Gasteiger charge is -2.22. The van der Waals surface area contributed by atoms with E-state index in [0.29, 0.717) is 68.9 Å². The lowest BCUT2D eigenvalue weighted by molar-refractivity contribution is -0.384. The average molecular weight is 1360 g/mol.